The van der Waals surface area contributed by atoms with Crippen molar-refractivity contribution in [1.29, 1.82) is 0 Å². The topological polar surface area (TPSA) is 49.3 Å². The van der Waals surface area contributed by atoms with Gasteiger partial charge in [0.1, 0.15) is 6.10 Å². The Hall–Kier alpha value is -0.900. The van der Waals surface area contributed by atoms with Crippen LogP contribution in [0, 0.1) is 5.92 Å². The van der Waals surface area contributed by atoms with E-state index < -0.39 is 11.5 Å². The van der Waals surface area contributed by atoms with E-state index in [2.05, 4.69) is 5.32 Å². The van der Waals surface area contributed by atoms with Crippen molar-refractivity contribution in [1.82, 2.24) is 5.32 Å². The third-order valence-electron chi connectivity index (χ3n) is 5.13. The number of hydrogen-bond donors (Lipinski definition) is 2. The second-order valence-corrected chi connectivity index (χ2v) is 6.79. The molecule has 2 N–H and O–H groups in total. The Morgan fingerprint density at radius 1 is 1.29 bits per heavy atom. The molecule has 1 saturated carbocycles. The third kappa shape index (κ3) is 2.75. The lowest BCUT2D eigenvalue weighted by molar-refractivity contribution is -0.139. The highest BCUT2D eigenvalue weighted by atomic mass is 35.5. The van der Waals surface area contributed by atoms with E-state index in [9.17, 15) is 9.90 Å². The number of piperidine rings is 1. The van der Waals surface area contributed by atoms with Crippen molar-refractivity contribution in [2.75, 3.05) is 13.1 Å². The molecule has 1 aliphatic carbocycles. The van der Waals surface area contributed by atoms with Gasteiger partial charge in [0.05, 0.1) is 5.41 Å². The number of Topliss-reactive ketones (excluding diaryl/α,β-unsaturated/α-hetero) is 1. The molecule has 4 heteroatoms. The predicted molar refractivity (Wildman–Crippen MR) is 83.6 cm³/mol. The summed E-state index contributed by atoms with van der Waals surface area (Å²) in [5.41, 5.74) is 0.521. The first kappa shape index (κ1) is 15.0. The van der Waals surface area contributed by atoms with Crippen molar-refractivity contribution in [2.24, 2.45) is 5.92 Å². The van der Waals surface area contributed by atoms with Crippen LogP contribution in [-0.2, 0) is 10.2 Å². The lowest BCUT2D eigenvalue weighted by Gasteiger charge is -2.43. The van der Waals surface area contributed by atoms with Crippen LogP contribution in [0.15, 0.2) is 24.3 Å². The Morgan fingerprint density at radius 3 is 2.52 bits per heavy atom. The molecule has 21 heavy (non-hydrogen) atoms. The van der Waals surface area contributed by atoms with Crippen LogP contribution in [-0.4, -0.2) is 30.1 Å². The van der Waals surface area contributed by atoms with Crippen molar-refractivity contribution in [3.8, 4) is 0 Å². The van der Waals surface area contributed by atoms with Crippen LogP contribution in [0.3, 0.4) is 0 Å². The second-order valence-electron chi connectivity index (χ2n) is 6.36. The average Bonchev–Trinajstić information content (AvgIpc) is 2.48. The molecule has 0 amide bonds. The van der Waals surface area contributed by atoms with Gasteiger partial charge in [0.2, 0.25) is 0 Å². The van der Waals surface area contributed by atoms with Crippen molar-refractivity contribution >= 4 is 17.4 Å². The van der Waals surface area contributed by atoms with Crippen molar-refractivity contribution in [3.63, 3.8) is 0 Å². The van der Waals surface area contributed by atoms with Gasteiger partial charge in [-0.1, -0.05) is 30.2 Å². The van der Waals surface area contributed by atoms with E-state index in [1.54, 1.807) is 0 Å². The van der Waals surface area contributed by atoms with Crippen LogP contribution < -0.4 is 5.32 Å². The lowest BCUT2D eigenvalue weighted by atomic mass is 9.60. The van der Waals surface area contributed by atoms with Crippen molar-refractivity contribution in [2.45, 2.75) is 43.6 Å². The van der Waals surface area contributed by atoms with E-state index in [0.717, 1.165) is 50.8 Å². The zero-order valence-electron chi connectivity index (χ0n) is 12.1. The Bertz CT molecular complexity index is 504. The standard InChI is InChI=1S/C17H22ClNO2/c18-14-6-4-13(5-7-14)17(8-2-9-17)16(21)15(20)12-3-1-10-19-11-12/h4-7,12,15,19-20H,1-3,8-11H2. The minimum atomic E-state index is -0.853. The van der Waals surface area contributed by atoms with Gasteiger partial charge in [-0.2, -0.15) is 0 Å². The van der Waals surface area contributed by atoms with Crippen LogP contribution in [0.1, 0.15) is 37.7 Å². The van der Waals surface area contributed by atoms with Gasteiger partial charge in [0, 0.05) is 17.5 Å². The maximum atomic E-state index is 12.9. The van der Waals surface area contributed by atoms with E-state index >= 15 is 0 Å². The SMILES string of the molecule is O=C(C(O)C1CCCNC1)C1(c2ccc(Cl)cc2)CCC1. The fourth-order valence-corrected chi connectivity index (χ4v) is 3.75. The summed E-state index contributed by atoms with van der Waals surface area (Å²) in [6, 6.07) is 7.54. The lowest BCUT2D eigenvalue weighted by Crippen LogP contribution is -2.52. The summed E-state index contributed by atoms with van der Waals surface area (Å²) in [6.45, 7) is 1.73. The highest BCUT2D eigenvalue weighted by Crippen LogP contribution is 2.46. The molecular formula is C17H22ClNO2. The number of benzene rings is 1. The number of carbonyl (C=O) groups excluding carboxylic acids is 1. The Kier molecular flexibility index (Phi) is 4.34. The summed E-state index contributed by atoms with van der Waals surface area (Å²) in [5, 5.41) is 14.5. The molecule has 0 spiro atoms. The van der Waals surface area contributed by atoms with Crippen LogP contribution >= 0.6 is 11.6 Å². The van der Waals surface area contributed by atoms with Gasteiger partial charge >= 0.3 is 0 Å². The number of nitrogens with one attached hydrogen (secondary N) is 1. The number of aliphatic hydroxyl groups is 1. The fourth-order valence-electron chi connectivity index (χ4n) is 3.62. The van der Waals surface area contributed by atoms with Gasteiger partial charge in [-0.3, -0.25) is 4.79 Å². The summed E-state index contributed by atoms with van der Waals surface area (Å²) in [4.78, 5) is 12.9. The molecule has 3 rings (SSSR count). The molecule has 1 aliphatic heterocycles. The molecule has 0 bridgehead atoms. The minimum absolute atomic E-state index is 0.00442. The molecule has 0 aromatic heterocycles. The van der Waals surface area contributed by atoms with Gasteiger partial charge in [-0.05, 0) is 49.9 Å². The number of carbonyl (C=O) groups is 1. The first-order valence-corrected chi connectivity index (χ1v) is 8.20. The molecule has 3 nitrogen and oxygen atoms in total. The summed E-state index contributed by atoms with van der Waals surface area (Å²) >= 11 is 5.94. The van der Waals surface area contributed by atoms with E-state index in [1.165, 1.54) is 0 Å². The van der Waals surface area contributed by atoms with Crippen molar-refractivity contribution < 1.29 is 9.90 Å². The number of rotatable bonds is 4. The summed E-state index contributed by atoms with van der Waals surface area (Å²) in [6.07, 6.45) is 3.83. The van der Waals surface area contributed by atoms with Crippen LogP contribution in [0.5, 0.6) is 0 Å². The monoisotopic (exact) mass is 307 g/mol. The van der Waals surface area contributed by atoms with Gasteiger partial charge in [0.15, 0.2) is 5.78 Å². The first-order chi connectivity index (χ1) is 10.1. The Balaban J connectivity index is 1.81. The van der Waals surface area contributed by atoms with Crippen LogP contribution in [0.4, 0.5) is 0 Å². The number of halogens is 1. The summed E-state index contributed by atoms with van der Waals surface area (Å²) < 4.78 is 0. The van der Waals surface area contributed by atoms with Gasteiger partial charge in [-0.15, -0.1) is 0 Å². The summed E-state index contributed by atoms with van der Waals surface area (Å²) in [7, 11) is 0. The smallest absolute Gasteiger partial charge is 0.172 e. The molecule has 1 heterocycles. The molecule has 114 valence electrons. The zero-order valence-corrected chi connectivity index (χ0v) is 12.9. The highest BCUT2D eigenvalue weighted by Gasteiger charge is 2.49. The molecule has 2 unspecified atom stereocenters. The van der Waals surface area contributed by atoms with E-state index in [1.807, 2.05) is 24.3 Å². The minimum Gasteiger partial charge on any atom is -0.385 e. The number of hydrogen-bond acceptors (Lipinski definition) is 3. The molecule has 1 aromatic carbocycles. The third-order valence-corrected chi connectivity index (χ3v) is 5.38. The fraction of sp³-hybridized carbons (Fsp3) is 0.588. The molecule has 2 atom stereocenters. The van der Waals surface area contributed by atoms with Gasteiger partial charge in [-0.25, -0.2) is 0 Å². The molecule has 1 aromatic rings. The normalized spacial score (nSPS) is 25.9. The predicted octanol–water partition coefficient (Wildman–Crippen LogP) is 2.69. The largest absolute Gasteiger partial charge is 0.385 e. The second kappa shape index (κ2) is 6.07. The number of ketones is 1. The molecule has 1 saturated heterocycles. The Labute approximate surface area is 130 Å². The average molecular weight is 308 g/mol. The van der Waals surface area contributed by atoms with Crippen LogP contribution in [0.2, 0.25) is 5.02 Å². The maximum Gasteiger partial charge on any atom is 0.172 e. The van der Waals surface area contributed by atoms with E-state index in [-0.39, 0.29) is 11.7 Å². The quantitative estimate of drug-likeness (QED) is 0.899. The Morgan fingerprint density at radius 2 is 2.00 bits per heavy atom. The molecule has 2 aliphatic rings. The number of aliphatic hydroxyl groups excluding tert-OH is 1. The molecular weight excluding hydrogens is 286 g/mol. The van der Waals surface area contributed by atoms with Gasteiger partial charge in [0.25, 0.3) is 0 Å². The zero-order chi connectivity index (χ0) is 14.9. The maximum absolute atomic E-state index is 12.9. The molecule has 2 fully saturated rings. The van der Waals surface area contributed by atoms with E-state index in [0.29, 0.717) is 5.02 Å². The summed E-state index contributed by atoms with van der Waals surface area (Å²) in [5.74, 6) is 0.0563. The highest BCUT2D eigenvalue weighted by molar-refractivity contribution is 6.30. The first-order valence-electron chi connectivity index (χ1n) is 7.83. The molecule has 0 radical (unpaired) electrons. The van der Waals surface area contributed by atoms with E-state index in [4.69, 9.17) is 11.6 Å². The van der Waals surface area contributed by atoms with Crippen LogP contribution in [0.25, 0.3) is 0 Å². The van der Waals surface area contributed by atoms with Gasteiger partial charge < -0.3 is 10.4 Å². The van der Waals surface area contributed by atoms with Crippen molar-refractivity contribution in [3.05, 3.63) is 34.9 Å².